The van der Waals surface area contributed by atoms with Crippen molar-refractivity contribution in [2.75, 3.05) is 6.61 Å². The first-order valence-electron chi connectivity index (χ1n) is 8.08. The van der Waals surface area contributed by atoms with Crippen molar-refractivity contribution in [3.63, 3.8) is 0 Å². The number of aryl methyl sites for hydroxylation is 1. The van der Waals surface area contributed by atoms with Crippen LogP contribution in [0.3, 0.4) is 0 Å². The summed E-state index contributed by atoms with van der Waals surface area (Å²) in [7, 11) is 0. The van der Waals surface area contributed by atoms with Gasteiger partial charge >= 0.3 is 0 Å². The molecule has 0 fully saturated rings. The first kappa shape index (κ1) is 16.5. The summed E-state index contributed by atoms with van der Waals surface area (Å²) in [6.07, 6.45) is 5.35. The molecule has 0 unspecified atom stereocenters. The van der Waals surface area contributed by atoms with E-state index in [0.717, 1.165) is 6.42 Å². The molecule has 4 nitrogen and oxygen atoms in total. The molecular formula is C19H20FNO3. The summed E-state index contributed by atoms with van der Waals surface area (Å²) >= 11 is 0. The topological polar surface area (TPSA) is 62.5 Å². The van der Waals surface area contributed by atoms with Gasteiger partial charge in [-0.05, 0) is 30.7 Å². The second-order valence-corrected chi connectivity index (χ2v) is 5.98. The molecule has 1 aromatic carbocycles. The van der Waals surface area contributed by atoms with E-state index < -0.39 is 0 Å². The third-order valence-electron chi connectivity index (χ3n) is 4.15. The maximum Gasteiger partial charge on any atom is 0.220 e. The van der Waals surface area contributed by atoms with Gasteiger partial charge in [-0.2, -0.15) is 0 Å². The number of carbonyl (C=O) groups excluding carboxylic acids is 1. The van der Waals surface area contributed by atoms with Gasteiger partial charge in [-0.15, -0.1) is 0 Å². The smallest absolute Gasteiger partial charge is 0.220 e. The fourth-order valence-electron chi connectivity index (χ4n) is 2.85. The molecule has 1 aliphatic carbocycles. The average Bonchev–Trinajstić information content (AvgIpc) is 3.22. The van der Waals surface area contributed by atoms with E-state index in [1.165, 1.54) is 6.07 Å². The van der Waals surface area contributed by atoms with E-state index in [1.54, 1.807) is 30.3 Å². The Balaban J connectivity index is 1.52. The van der Waals surface area contributed by atoms with Gasteiger partial charge in [0, 0.05) is 31.4 Å². The summed E-state index contributed by atoms with van der Waals surface area (Å²) in [4.78, 5) is 12.0. The number of amides is 1. The maximum atomic E-state index is 13.7. The second kappa shape index (κ2) is 7.45. The van der Waals surface area contributed by atoms with Gasteiger partial charge < -0.3 is 14.8 Å². The number of rotatable bonds is 6. The summed E-state index contributed by atoms with van der Waals surface area (Å²) in [6.45, 7) is 0.105. The van der Waals surface area contributed by atoms with Crippen LogP contribution in [0.25, 0.3) is 11.3 Å². The standard InChI is InChI=1S/C19H20FNO3/c20-17-4-2-1-3-16(17)18-9-7-15(24-18)8-10-19(23)21-14-6-5-13(11-14)12-22/h1-7,9,13-14,22H,8,10-12H2,(H,21,23)/t13-,14+/m0/s1. The minimum atomic E-state index is -0.331. The number of benzene rings is 1. The number of hydrogen-bond acceptors (Lipinski definition) is 3. The molecule has 1 aliphatic rings. The first-order valence-corrected chi connectivity index (χ1v) is 8.08. The molecule has 1 amide bonds. The van der Waals surface area contributed by atoms with E-state index in [-0.39, 0.29) is 30.3 Å². The highest BCUT2D eigenvalue weighted by Gasteiger charge is 2.19. The van der Waals surface area contributed by atoms with Crippen LogP contribution in [0.1, 0.15) is 18.6 Å². The van der Waals surface area contributed by atoms with Crippen LogP contribution in [-0.4, -0.2) is 23.7 Å². The predicted molar refractivity (Wildman–Crippen MR) is 88.7 cm³/mol. The minimum absolute atomic E-state index is 0.0137. The van der Waals surface area contributed by atoms with E-state index in [9.17, 15) is 9.18 Å². The molecule has 24 heavy (non-hydrogen) atoms. The van der Waals surface area contributed by atoms with E-state index in [2.05, 4.69) is 5.32 Å². The first-order chi connectivity index (χ1) is 11.7. The Bertz CT molecular complexity index is 738. The molecule has 126 valence electrons. The summed E-state index contributed by atoms with van der Waals surface area (Å²) in [5.74, 6) is 0.852. The molecule has 2 aromatic rings. The zero-order valence-electron chi connectivity index (χ0n) is 13.2. The van der Waals surface area contributed by atoms with Crippen molar-refractivity contribution in [1.29, 1.82) is 0 Å². The van der Waals surface area contributed by atoms with Gasteiger partial charge in [-0.1, -0.05) is 24.3 Å². The van der Waals surface area contributed by atoms with Crippen LogP contribution in [0.15, 0.2) is 53.0 Å². The van der Waals surface area contributed by atoms with Gasteiger partial charge in [-0.25, -0.2) is 4.39 Å². The molecular weight excluding hydrogens is 309 g/mol. The zero-order valence-corrected chi connectivity index (χ0v) is 13.2. The van der Waals surface area contributed by atoms with Crippen LogP contribution in [0, 0.1) is 11.7 Å². The largest absolute Gasteiger partial charge is 0.461 e. The predicted octanol–water partition coefficient (Wildman–Crippen LogP) is 3.07. The Morgan fingerprint density at radius 1 is 1.25 bits per heavy atom. The van der Waals surface area contributed by atoms with Crippen LogP contribution >= 0.6 is 0 Å². The molecule has 2 atom stereocenters. The van der Waals surface area contributed by atoms with Gasteiger partial charge in [0.1, 0.15) is 17.3 Å². The maximum absolute atomic E-state index is 13.7. The van der Waals surface area contributed by atoms with Crippen LogP contribution in [0.5, 0.6) is 0 Å². The van der Waals surface area contributed by atoms with Gasteiger partial charge in [0.05, 0.1) is 5.56 Å². The zero-order chi connectivity index (χ0) is 16.9. The van der Waals surface area contributed by atoms with Crippen LogP contribution in [0.2, 0.25) is 0 Å². The van der Waals surface area contributed by atoms with Gasteiger partial charge in [-0.3, -0.25) is 4.79 Å². The van der Waals surface area contributed by atoms with Crippen molar-refractivity contribution in [1.82, 2.24) is 5.32 Å². The molecule has 0 bridgehead atoms. The Hall–Kier alpha value is -2.40. The number of carbonyl (C=O) groups is 1. The lowest BCUT2D eigenvalue weighted by atomic mass is 10.1. The van der Waals surface area contributed by atoms with Crippen LogP contribution in [-0.2, 0) is 11.2 Å². The fraction of sp³-hybridized carbons (Fsp3) is 0.316. The van der Waals surface area contributed by atoms with E-state index >= 15 is 0 Å². The Morgan fingerprint density at radius 2 is 2.08 bits per heavy atom. The quantitative estimate of drug-likeness (QED) is 0.801. The molecule has 2 N–H and O–H groups in total. The molecule has 0 spiro atoms. The number of aliphatic hydroxyl groups is 1. The van der Waals surface area contributed by atoms with E-state index in [4.69, 9.17) is 9.52 Å². The summed E-state index contributed by atoms with van der Waals surface area (Å²) in [5, 5.41) is 12.0. The third kappa shape index (κ3) is 3.92. The second-order valence-electron chi connectivity index (χ2n) is 5.98. The van der Waals surface area contributed by atoms with Crippen molar-refractivity contribution in [2.45, 2.75) is 25.3 Å². The van der Waals surface area contributed by atoms with Gasteiger partial charge in [0.25, 0.3) is 0 Å². The van der Waals surface area contributed by atoms with Crippen molar-refractivity contribution in [2.24, 2.45) is 5.92 Å². The van der Waals surface area contributed by atoms with E-state index in [0.29, 0.717) is 29.9 Å². The average molecular weight is 329 g/mol. The van der Waals surface area contributed by atoms with Crippen LogP contribution in [0.4, 0.5) is 4.39 Å². The summed E-state index contributed by atoms with van der Waals surface area (Å²) < 4.78 is 19.4. The molecule has 3 rings (SSSR count). The number of halogens is 1. The lowest BCUT2D eigenvalue weighted by molar-refractivity contribution is -0.121. The fourth-order valence-corrected chi connectivity index (χ4v) is 2.85. The van der Waals surface area contributed by atoms with Crippen LogP contribution < -0.4 is 5.32 Å². The normalized spacial score (nSPS) is 19.6. The van der Waals surface area contributed by atoms with Gasteiger partial charge in [0.2, 0.25) is 5.91 Å². The lowest BCUT2D eigenvalue weighted by Gasteiger charge is -2.12. The van der Waals surface area contributed by atoms with E-state index in [1.807, 2.05) is 12.2 Å². The number of nitrogens with one attached hydrogen (secondary N) is 1. The van der Waals surface area contributed by atoms with Gasteiger partial charge in [0.15, 0.2) is 0 Å². The lowest BCUT2D eigenvalue weighted by Crippen LogP contribution is -2.33. The number of aliphatic hydroxyl groups excluding tert-OH is 1. The van der Waals surface area contributed by atoms with Crippen molar-refractivity contribution in [3.8, 4) is 11.3 Å². The summed E-state index contributed by atoms with van der Waals surface area (Å²) in [6, 6.07) is 9.91. The number of furan rings is 1. The Labute approximate surface area is 140 Å². The molecule has 1 aromatic heterocycles. The van der Waals surface area contributed by atoms with Crippen molar-refractivity contribution in [3.05, 3.63) is 60.1 Å². The Kier molecular flexibility index (Phi) is 5.11. The molecule has 0 saturated heterocycles. The highest BCUT2D eigenvalue weighted by Crippen LogP contribution is 2.25. The van der Waals surface area contributed by atoms with Crippen molar-refractivity contribution >= 4 is 5.91 Å². The molecule has 0 radical (unpaired) electrons. The SMILES string of the molecule is O=C(CCc1ccc(-c2ccccc2F)o1)N[C@@H]1C=C[C@H](CO)C1. The summed E-state index contributed by atoms with van der Waals surface area (Å²) in [5.41, 5.74) is 0.416. The molecule has 0 aliphatic heterocycles. The highest BCUT2D eigenvalue weighted by molar-refractivity contribution is 5.76. The monoisotopic (exact) mass is 329 g/mol. The molecule has 5 heteroatoms. The Morgan fingerprint density at radius 3 is 2.83 bits per heavy atom. The molecule has 1 heterocycles. The number of hydrogen-bond donors (Lipinski definition) is 2. The highest BCUT2D eigenvalue weighted by atomic mass is 19.1. The third-order valence-corrected chi connectivity index (χ3v) is 4.15. The minimum Gasteiger partial charge on any atom is -0.461 e. The molecule has 0 saturated carbocycles. The van der Waals surface area contributed by atoms with Crippen molar-refractivity contribution < 1.29 is 18.7 Å².